The van der Waals surface area contributed by atoms with Crippen LogP contribution in [0, 0.1) is 0 Å². The summed E-state index contributed by atoms with van der Waals surface area (Å²) in [5.41, 5.74) is -0.616. The number of esters is 1. The molecular formula is C12H11F5O4. The highest BCUT2D eigenvalue weighted by molar-refractivity contribution is 5.78. The van der Waals surface area contributed by atoms with Crippen molar-refractivity contribution in [2.45, 2.75) is 25.3 Å². The molecule has 0 heterocycles. The van der Waals surface area contributed by atoms with Gasteiger partial charge in [0.2, 0.25) is 0 Å². The molecule has 0 aliphatic rings. The number of rotatable bonds is 5. The van der Waals surface area contributed by atoms with Crippen LogP contribution in [-0.2, 0) is 9.53 Å². The van der Waals surface area contributed by atoms with E-state index in [1.807, 2.05) is 0 Å². The highest BCUT2D eigenvalue weighted by Gasteiger charge is 2.49. The van der Waals surface area contributed by atoms with Gasteiger partial charge in [-0.1, -0.05) is 12.1 Å². The molecular weight excluding hydrogens is 303 g/mol. The van der Waals surface area contributed by atoms with Crippen LogP contribution >= 0.6 is 0 Å². The summed E-state index contributed by atoms with van der Waals surface area (Å²) >= 11 is 0. The van der Waals surface area contributed by atoms with Crippen LogP contribution in [0.25, 0.3) is 0 Å². The molecule has 0 radical (unpaired) electrons. The van der Waals surface area contributed by atoms with Crippen LogP contribution < -0.4 is 4.74 Å². The van der Waals surface area contributed by atoms with Crippen molar-refractivity contribution in [1.29, 1.82) is 0 Å². The number of carbonyl (C=O) groups excluding carboxylic acids is 1. The number of benzene rings is 1. The molecule has 1 aromatic rings. The fourth-order valence-corrected chi connectivity index (χ4v) is 1.43. The minimum absolute atomic E-state index is 0.335. The first-order valence-corrected chi connectivity index (χ1v) is 5.66. The Morgan fingerprint density at radius 2 is 1.90 bits per heavy atom. The maximum absolute atomic E-state index is 13.6. The molecule has 0 amide bonds. The number of hydrogen-bond donors (Lipinski definition) is 1. The molecule has 0 bridgehead atoms. The van der Waals surface area contributed by atoms with Crippen molar-refractivity contribution >= 4 is 5.97 Å². The van der Waals surface area contributed by atoms with E-state index in [2.05, 4.69) is 9.47 Å². The van der Waals surface area contributed by atoms with Gasteiger partial charge in [0.1, 0.15) is 5.75 Å². The highest BCUT2D eigenvalue weighted by atomic mass is 19.4. The van der Waals surface area contributed by atoms with Crippen molar-refractivity contribution in [2.75, 3.05) is 6.61 Å². The van der Waals surface area contributed by atoms with Gasteiger partial charge < -0.3 is 14.6 Å². The van der Waals surface area contributed by atoms with Gasteiger partial charge in [-0.15, -0.1) is 13.2 Å². The molecule has 4 nitrogen and oxygen atoms in total. The number of ether oxygens (including phenoxy) is 2. The monoisotopic (exact) mass is 314 g/mol. The number of aliphatic hydroxyl groups is 1. The molecule has 0 fully saturated rings. The summed E-state index contributed by atoms with van der Waals surface area (Å²) in [6.07, 6.45) is -7.67. The molecule has 0 aliphatic heterocycles. The van der Waals surface area contributed by atoms with Crippen LogP contribution in [0.4, 0.5) is 22.0 Å². The molecule has 0 saturated heterocycles. The molecule has 0 spiro atoms. The second-order valence-electron chi connectivity index (χ2n) is 3.87. The molecule has 1 atom stereocenters. The predicted octanol–water partition coefficient (Wildman–Crippen LogP) is 2.82. The van der Waals surface area contributed by atoms with E-state index in [4.69, 9.17) is 0 Å². The van der Waals surface area contributed by atoms with Crippen LogP contribution in [0.1, 0.15) is 18.6 Å². The van der Waals surface area contributed by atoms with Gasteiger partial charge in [-0.2, -0.15) is 8.78 Å². The molecule has 0 saturated carbocycles. The summed E-state index contributed by atoms with van der Waals surface area (Å²) in [4.78, 5) is 11.0. The first-order valence-electron chi connectivity index (χ1n) is 5.66. The smallest absolute Gasteiger partial charge is 0.461 e. The van der Waals surface area contributed by atoms with Gasteiger partial charge in [0.25, 0.3) is 0 Å². The zero-order chi connectivity index (χ0) is 16.3. The van der Waals surface area contributed by atoms with Gasteiger partial charge in [-0.05, 0) is 24.6 Å². The van der Waals surface area contributed by atoms with Crippen LogP contribution in [0.15, 0.2) is 24.3 Å². The van der Waals surface area contributed by atoms with Crippen LogP contribution in [0.2, 0.25) is 0 Å². The summed E-state index contributed by atoms with van der Waals surface area (Å²) in [5.74, 6) is -7.06. The largest absolute Gasteiger partial charge is 0.573 e. The normalized spacial score (nSPS) is 13.7. The first-order chi connectivity index (χ1) is 9.58. The van der Waals surface area contributed by atoms with Gasteiger partial charge in [0.15, 0.2) is 6.10 Å². The average Bonchev–Trinajstić information content (AvgIpc) is 2.36. The lowest BCUT2D eigenvalue weighted by Gasteiger charge is -2.21. The standard InChI is InChI=1S/C12H11F5O4/c1-2-20-10(19)11(13,14)9(18)7-4-3-5-8(6-7)21-12(15,16)17/h3-6,9,18H,2H2,1H3. The molecule has 1 aromatic carbocycles. The molecule has 1 rings (SSSR count). The zero-order valence-electron chi connectivity index (χ0n) is 10.7. The molecule has 118 valence electrons. The highest BCUT2D eigenvalue weighted by Crippen LogP contribution is 2.34. The number of hydrogen-bond acceptors (Lipinski definition) is 4. The Bertz CT molecular complexity index is 501. The van der Waals surface area contributed by atoms with Crippen LogP contribution in [0.3, 0.4) is 0 Å². The van der Waals surface area contributed by atoms with Crippen molar-refractivity contribution in [2.24, 2.45) is 0 Å². The van der Waals surface area contributed by atoms with Gasteiger partial charge in [-0.25, -0.2) is 4.79 Å². The van der Waals surface area contributed by atoms with Crippen molar-refractivity contribution in [3.63, 3.8) is 0 Å². The minimum atomic E-state index is -5.01. The summed E-state index contributed by atoms with van der Waals surface area (Å²) < 4.78 is 70.9. The van der Waals surface area contributed by atoms with E-state index in [1.165, 1.54) is 6.92 Å². The summed E-state index contributed by atoms with van der Waals surface area (Å²) in [6.45, 7) is 0.955. The van der Waals surface area contributed by atoms with Crippen molar-refractivity contribution < 1.29 is 41.3 Å². The zero-order valence-corrected chi connectivity index (χ0v) is 10.7. The maximum Gasteiger partial charge on any atom is 0.573 e. The molecule has 0 aliphatic carbocycles. The Hall–Kier alpha value is -1.90. The second kappa shape index (κ2) is 6.25. The molecule has 1 N–H and O–H groups in total. The van der Waals surface area contributed by atoms with Gasteiger partial charge in [0.05, 0.1) is 6.61 Å². The second-order valence-corrected chi connectivity index (χ2v) is 3.87. The third kappa shape index (κ3) is 4.55. The number of alkyl halides is 5. The van der Waals surface area contributed by atoms with Crippen molar-refractivity contribution in [3.05, 3.63) is 29.8 Å². The quantitative estimate of drug-likeness (QED) is 0.671. The third-order valence-corrected chi connectivity index (χ3v) is 2.30. The molecule has 21 heavy (non-hydrogen) atoms. The maximum atomic E-state index is 13.6. The van der Waals surface area contributed by atoms with E-state index in [9.17, 15) is 31.9 Å². The lowest BCUT2D eigenvalue weighted by molar-refractivity contribution is -0.274. The summed E-state index contributed by atoms with van der Waals surface area (Å²) in [6, 6.07) is 3.33. The molecule has 9 heteroatoms. The first kappa shape index (κ1) is 17.2. The van der Waals surface area contributed by atoms with Crippen LogP contribution in [-0.4, -0.2) is 30.0 Å². The fraction of sp³-hybridized carbons (Fsp3) is 0.417. The fourth-order valence-electron chi connectivity index (χ4n) is 1.43. The minimum Gasteiger partial charge on any atom is -0.461 e. The van der Waals surface area contributed by atoms with Crippen LogP contribution in [0.5, 0.6) is 5.75 Å². The Morgan fingerprint density at radius 3 is 2.43 bits per heavy atom. The van der Waals surface area contributed by atoms with Gasteiger partial charge in [0, 0.05) is 0 Å². The lowest BCUT2D eigenvalue weighted by atomic mass is 10.0. The molecule has 0 aromatic heterocycles. The Labute approximate surface area is 116 Å². The van der Waals surface area contributed by atoms with Crippen molar-refractivity contribution in [3.8, 4) is 5.75 Å². The average molecular weight is 314 g/mol. The number of carbonyl (C=O) groups is 1. The summed E-state index contributed by atoms with van der Waals surface area (Å²) in [7, 11) is 0. The van der Waals surface area contributed by atoms with E-state index in [0.29, 0.717) is 6.07 Å². The predicted molar refractivity (Wildman–Crippen MR) is 59.7 cm³/mol. The summed E-state index contributed by atoms with van der Waals surface area (Å²) in [5, 5.41) is 9.48. The number of halogens is 5. The Morgan fingerprint density at radius 1 is 1.29 bits per heavy atom. The molecule has 1 unspecified atom stereocenters. The van der Waals surface area contributed by atoms with E-state index >= 15 is 0 Å². The lowest BCUT2D eigenvalue weighted by Crippen LogP contribution is -2.37. The van der Waals surface area contributed by atoms with E-state index in [0.717, 1.165) is 18.2 Å². The van der Waals surface area contributed by atoms with Gasteiger partial charge in [-0.3, -0.25) is 0 Å². The van der Waals surface area contributed by atoms with E-state index < -0.39 is 35.7 Å². The van der Waals surface area contributed by atoms with E-state index in [1.54, 1.807) is 0 Å². The Kier molecular flexibility index (Phi) is 5.10. The van der Waals surface area contributed by atoms with Gasteiger partial charge >= 0.3 is 18.3 Å². The topological polar surface area (TPSA) is 55.8 Å². The van der Waals surface area contributed by atoms with E-state index in [-0.39, 0.29) is 6.61 Å². The van der Waals surface area contributed by atoms with Crippen molar-refractivity contribution in [1.82, 2.24) is 0 Å². The third-order valence-electron chi connectivity index (χ3n) is 2.30. The SMILES string of the molecule is CCOC(=O)C(F)(F)C(O)c1cccc(OC(F)(F)F)c1. The Balaban J connectivity index is 2.99. The number of aliphatic hydroxyl groups excluding tert-OH is 1.